The van der Waals surface area contributed by atoms with Gasteiger partial charge in [0.2, 0.25) is 5.13 Å². The van der Waals surface area contributed by atoms with Crippen LogP contribution in [0.3, 0.4) is 0 Å². The number of nitrogens with one attached hydrogen (secondary N) is 1. The average molecular weight is 391 g/mol. The highest BCUT2D eigenvalue weighted by Crippen LogP contribution is 2.26. The molecule has 136 valence electrons. The number of amides is 1. The second-order valence-electron chi connectivity index (χ2n) is 5.77. The molecule has 0 bridgehead atoms. The van der Waals surface area contributed by atoms with Crippen LogP contribution in [0.15, 0.2) is 44.1 Å². The van der Waals surface area contributed by atoms with Crippen LogP contribution in [0.2, 0.25) is 0 Å². The van der Waals surface area contributed by atoms with Crippen molar-refractivity contribution in [3.05, 3.63) is 40.9 Å². The van der Waals surface area contributed by atoms with Gasteiger partial charge >= 0.3 is 0 Å². The van der Waals surface area contributed by atoms with Crippen molar-refractivity contribution in [2.75, 3.05) is 11.1 Å². The number of hydrogen-bond acceptors (Lipinski definition) is 8. The normalized spacial score (nSPS) is 11.5. The molecule has 0 unspecified atom stereocenters. The number of furan rings is 1. The Morgan fingerprint density at radius 2 is 2.15 bits per heavy atom. The van der Waals surface area contributed by atoms with Crippen molar-refractivity contribution in [1.29, 1.82) is 0 Å². The molecule has 8 nitrogen and oxygen atoms in total. The van der Waals surface area contributed by atoms with Crippen LogP contribution in [0, 0.1) is 0 Å². The second-order valence-corrected chi connectivity index (χ2v) is 8.25. The molecule has 0 aliphatic carbocycles. The predicted molar refractivity (Wildman–Crippen MR) is 100 cm³/mol. The summed E-state index contributed by atoms with van der Waals surface area (Å²) < 4.78 is 7.23. The quantitative estimate of drug-likeness (QED) is 0.509. The van der Waals surface area contributed by atoms with E-state index in [1.54, 1.807) is 43.8 Å². The van der Waals surface area contributed by atoms with E-state index >= 15 is 0 Å². The first-order chi connectivity index (χ1) is 12.4. The fraction of sp³-hybridized carbons (Fsp3) is 0.312. The van der Waals surface area contributed by atoms with Gasteiger partial charge in [0.1, 0.15) is 11.2 Å². The molecule has 0 saturated carbocycles. The third kappa shape index (κ3) is 3.70. The number of hydrogen-bond donors (Lipinski definition) is 1. The zero-order valence-corrected chi connectivity index (χ0v) is 16.1. The molecule has 3 aromatic heterocycles. The summed E-state index contributed by atoms with van der Waals surface area (Å²) in [7, 11) is 0. The maximum absolute atomic E-state index is 12.7. The summed E-state index contributed by atoms with van der Waals surface area (Å²) in [4.78, 5) is 25.0. The molecule has 1 amide bonds. The lowest BCUT2D eigenvalue weighted by atomic mass is 10.1. The van der Waals surface area contributed by atoms with Gasteiger partial charge in [0.25, 0.3) is 11.5 Å². The van der Waals surface area contributed by atoms with Gasteiger partial charge < -0.3 is 4.42 Å². The maximum Gasteiger partial charge on any atom is 0.267 e. The van der Waals surface area contributed by atoms with E-state index in [0.29, 0.717) is 16.6 Å². The van der Waals surface area contributed by atoms with Crippen molar-refractivity contribution in [3.63, 3.8) is 0 Å². The standard InChI is InChI=1S/C16H17N5O3S2/c1-4-25-15-19-18-14(26-15)17-13(23)16(2,3)21-12(22)8-7-10(20-21)11-6-5-9-24-11/h5-9H,4H2,1-3H3,(H,17,18,23). The van der Waals surface area contributed by atoms with Crippen LogP contribution >= 0.6 is 23.1 Å². The molecule has 10 heteroatoms. The molecule has 26 heavy (non-hydrogen) atoms. The summed E-state index contributed by atoms with van der Waals surface area (Å²) >= 11 is 2.83. The minimum atomic E-state index is -1.23. The van der Waals surface area contributed by atoms with E-state index < -0.39 is 11.4 Å². The van der Waals surface area contributed by atoms with E-state index in [4.69, 9.17) is 4.42 Å². The number of anilines is 1. The van der Waals surface area contributed by atoms with Crippen LogP contribution in [0.4, 0.5) is 5.13 Å². The van der Waals surface area contributed by atoms with E-state index in [1.807, 2.05) is 6.92 Å². The lowest BCUT2D eigenvalue weighted by molar-refractivity contribution is -0.123. The van der Waals surface area contributed by atoms with E-state index in [2.05, 4.69) is 20.6 Å². The van der Waals surface area contributed by atoms with Gasteiger partial charge in [-0.3, -0.25) is 14.9 Å². The Balaban J connectivity index is 1.87. The molecular weight excluding hydrogens is 374 g/mol. The molecule has 0 aliphatic heterocycles. The van der Waals surface area contributed by atoms with Gasteiger partial charge in [-0.25, -0.2) is 4.68 Å². The van der Waals surface area contributed by atoms with Gasteiger partial charge in [-0.15, -0.1) is 10.2 Å². The number of carbonyl (C=O) groups is 1. The molecule has 0 saturated heterocycles. The van der Waals surface area contributed by atoms with Gasteiger partial charge in [-0.1, -0.05) is 30.0 Å². The van der Waals surface area contributed by atoms with Crippen LogP contribution in [0.25, 0.3) is 11.5 Å². The molecule has 0 radical (unpaired) electrons. The third-order valence-electron chi connectivity index (χ3n) is 3.55. The first-order valence-electron chi connectivity index (χ1n) is 7.84. The summed E-state index contributed by atoms with van der Waals surface area (Å²) in [6, 6.07) is 6.38. The highest BCUT2D eigenvalue weighted by molar-refractivity contribution is 8.01. The summed E-state index contributed by atoms with van der Waals surface area (Å²) in [6.45, 7) is 5.24. The SMILES string of the molecule is CCSc1nnc(NC(=O)C(C)(C)n2nc(-c3ccco3)ccc2=O)s1. The second kappa shape index (κ2) is 7.42. The van der Waals surface area contributed by atoms with E-state index in [0.717, 1.165) is 14.8 Å². The molecule has 0 spiro atoms. The van der Waals surface area contributed by atoms with Crippen molar-refractivity contribution in [1.82, 2.24) is 20.0 Å². The molecule has 0 atom stereocenters. The summed E-state index contributed by atoms with van der Waals surface area (Å²) in [5.74, 6) is 0.973. The van der Waals surface area contributed by atoms with Crippen LogP contribution in [-0.2, 0) is 10.3 Å². The van der Waals surface area contributed by atoms with Crippen LogP contribution in [-0.4, -0.2) is 31.6 Å². The first kappa shape index (κ1) is 18.3. The molecule has 0 aromatic carbocycles. The Bertz CT molecular complexity index is 962. The van der Waals surface area contributed by atoms with E-state index in [9.17, 15) is 9.59 Å². The lowest BCUT2D eigenvalue weighted by Gasteiger charge is -2.24. The van der Waals surface area contributed by atoms with Gasteiger partial charge in [0.15, 0.2) is 10.1 Å². The van der Waals surface area contributed by atoms with Crippen LogP contribution in [0.1, 0.15) is 20.8 Å². The largest absolute Gasteiger partial charge is 0.463 e. The number of carbonyl (C=O) groups excluding carboxylic acids is 1. The van der Waals surface area contributed by atoms with Crippen LogP contribution in [0.5, 0.6) is 0 Å². The Morgan fingerprint density at radius 3 is 2.85 bits per heavy atom. The number of aromatic nitrogens is 4. The zero-order chi connectivity index (χ0) is 18.7. The topological polar surface area (TPSA) is 103 Å². The molecular formula is C16H17N5O3S2. The first-order valence-corrected chi connectivity index (χ1v) is 9.64. The van der Waals surface area contributed by atoms with Gasteiger partial charge in [-0.05, 0) is 37.8 Å². The molecule has 3 aromatic rings. The minimum Gasteiger partial charge on any atom is -0.463 e. The Kier molecular flexibility index (Phi) is 5.23. The minimum absolute atomic E-state index is 0.384. The Labute approximate surface area is 157 Å². The highest BCUT2D eigenvalue weighted by atomic mass is 32.2. The molecule has 0 fully saturated rings. The Morgan fingerprint density at radius 1 is 1.35 bits per heavy atom. The fourth-order valence-corrected chi connectivity index (χ4v) is 3.80. The average Bonchev–Trinajstić information content (AvgIpc) is 3.27. The van der Waals surface area contributed by atoms with Crippen molar-refractivity contribution in [2.45, 2.75) is 30.6 Å². The van der Waals surface area contributed by atoms with Crippen LogP contribution < -0.4 is 10.9 Å². The molecule has 3 heterocycles. The monoisotopic (exact) mass is 391 g/mol. The number of nitrogens with zero attached hydrogens (tertiary/aromatic N) is 4. The molecule has 0 aliphatic rings. The lowest BCUT2D eigenvalue weighted by Crippen LogP contribution is -2.47. The maximum atomic E-state index is 12.7. The zero-order valence-electron chi connectivity index (χ0n) is 14.4. The number of rotatable bonds is 6. The fourth-order valence-electron chi connectivity index (χ4n) is 2.16. The molecule has 3 rings (SSSR count). The van der Waals surface area contributed by atoms with Gasteiger partial charge in [0, 0.05) is 6.07 Å². The highest BCUT2D eigenvalue weighted by Gasteiger charge is 2.33. The smallest absolute Gasteiger partial charge is 0.267 e. The van der Waals surface area contributed by atoms with E-state index in [1.165, 1.54) is 23.7 Å². The van der Waals surface area contributed by atoms with Crippen molar-refractivity contribution in [2.24, 2.45) is 0 Å². The van der Waals surface area contributed by atoms with Gasteiger partial charge in [-0.2, -0.15) is 5.10 Å². The van der Waals surface area contributed by atoms with E-state index in [-0.39, 0.29) is 5.56 Å². The summed E-state index contributed by atoms with van der Waals surface area (Å²) in [5.41, 5.74) is -1.16. The third-order valence-corrected chi connectivity index (χ3v) is 5.41. The predicted octanol–water partition coefficient (Wildman–Crippen LogP) is 2.84. The van der Waals surface area contributed by atoms with Crippen molar-refractivity contribution in [3.8, 4) is 11.5 Å². The Hall–Kier alpha value is -2.46. The van der Waals surface area contributed by atoms with Gasteiger partial charge in [0.05, 0.1) is 6.26 Å². The number of thioether (sulfide) groups is 1. The summed E-state index contributed by atoms with van der Waals surface area (Å²) in [6.07, 6.45) is 1.52. The van der Waals surface area contributed by atoms with Crippen molar-refractivity contribution >= 4 is 34.1 Å². The molecule has 1 N–H and O–H groups in total. The van der Waals surface area contributed by atoms with Crippen molar-refractivity contribution < 1.29 is 9.21 Å². The summed E-state index contributed by atoms with van der Waals surface area (Å²) in [5, 5.41) is 15.3.